The first kappa shape index (κ1) is 12.1. The van der Waals surface area contributed by atoms with Crippen LogP contribution in [0.25, 0.3) is 10.9 Å². The molecule has 1 unspecified atom stereocenters. The molecule has 2 N–H and O–H groups in total. The van der Waals surface area contributed by atoms with E-state index in [0.29, 0.717) is 4.90 Å². The largest absolute Gasteiger partial charge is 0.412 e. The van der Waals surface area contributed by atoms with Crippen molar-refractivity contribution in [1.82, 2.24) is 4.57 Å². The summed E-state index contributed by atoms with van der Waals surface area (Å²) in [5.41, 5.74) is 1.09. The van der Waals surface area contributed by atoms with E-state index in [1.54, 1.807) is 6.07 Å². The smallest absolute Gasteiger partial charge is 0.0760 e. The number of hydrogen-bond donors (Lipinski definition) is 0. The van der Waals surface area contributed by atoms with Crippen molar-refractivity contribution in [3.05, 3.63) is 30.5 Å². The maximum atomic E-state index is 11.5. The lowest BCUT2D eigenvalue weighted by Crippen LogP contribution is -1.90. The second-order valence-electron chi connectivity index (χ2n) is 3.24. The topological polar surface area (TPSA) is 53.5 Å². The molecule has 0 aliphatic carbocycles. The summed E-state index contributed by atoms with van der Waals surface area (Å²) in [7, 11) is 5.02. The molecule has 0 spiro atoms. The van der Waals surface area contributed by atoms with E-state index in [1.807, 2.05) is 36.0 Å². The Hall–Kier alpha value is -0.970. The van der Waals surface area contributed by atoms with Gasteiger partial charge in [0.05, 0.1) is 8.74 Å². The van der Waals surface area contributed by atoms with Gasteiger partial charge < -0.3 is 10.0 Å². The molecule has 1 aromatic carbocycles. The van der Waals surface area contributed by atoms with Crippen molar-refractivity contribution >= 4 is 36.2 Å². The van der Waals surface area contributed by atoms with Gasteiger partial charge in [-0.05, 0) is 40.8 Å². The quantitative estimate of drug-likeness (QED) is 0.556. The molecule has 0 aliphatic rings. The molecule has 2 rings (SSSR count). The van der Waals surface area contributed by atoms with Crippen molar-refractivity contribution in [2.24, 2.45) is 7.05 Å². The van der Waals surface area contributed by atoms with Crippen molar-refractivity contribution < 1.29 is 9.69 Å². The van der Waals surface area contributed by atoms with Gasteiger partial charge in [0.25, 0.3) is 0 Å². The van der Waals surface area contributed by atoms with E-state index in [0.717, 1.165) is 10.9 Å². The number of aromatic nitrogens is 1. The molecule has 15 heavy (non-hydrogen) atoms. The molecular weight excluding hydrogens is 234 g/mol. The van der Waals surface area contributed by atoms with E-state index in [4.69, 9.17) is 10.7 Å². The zero-order valence-electron chi connectivity index (χ0n) is 8.24. The first-order chi connectivity index (χ1) is 6.48. The molecule has 1 heterocycles. The lowest BCUT2D eigenvalue weighted by molar-refractivity contribution is 0.689. The Bertz CT molecular complexity index is 586. The Morgan fingerprint density at radius 3 is 2.67 bits per heavy atom. The van der Waals surface area contributed by atoms with E-state index < -0.39 is 8.74 Å². The molecule has 82 valence electrons. The van der Waals surface area contributed by atoms with Gasteiger partial charge in [0, 0.05) is 29.0 Å². The first-order valence-corrected chi connectivity index (χ1v) is 6.66. The third kappa shape index (κ3) is 2.17. The summed E-state index contributed by atoms with van der Waals surface area (Å²) < 4.78 is 13.5. The summed E-state index contributed by atoms with van der Waals surface area (Å²) in [6, 6.07) is 7.43. The second-order valence-corrected chi connectivity index (χ2v) is 6.40. The van der Waals surface area contributed by atoms with E-state index in [1.165, 1.54) is 0 Å². The number of rotatable bonds is 1. The summed E-state index contributed by atoms with van der Waals surface area (Å²) in [5, 5.41) is 1.03. The zero-order valence-corrected chi connectivity index (χ0v) is 9.81. The standard InChI is InChI=1S/C10H10ClNOS.H2O/c1-12-6-5-8-7-9(14(2,11)13)3-4-10(8)12;/h3-7H,2H2,1H3;1H2. The molecule has 0 aliphatic heterocycles. The van der Waals surface area contributed by atoms with Crippen LogP contribution in [0.15, 0.2) is 35.4 Å². The van der Waals surface area contributed by atoms with Crippen LogP contribution in [0.5, 0.6) is 0 Å². The highest BCUT2D eigenvalue weighted by Crippen LogP contribution is 2.21. The summed E-state index contributed by atoms with van der Waals surface area (Å²) in [5.74, 6) is 3.44. The van der Waals surface area contributed by atoms with Gasteiger partial charge in [0.15, 0.2) is 0 Å². The van der Waals surface area contributed by atoms with E-state index >= 15 is 0 Å². The van der Waals surface area contributed by atoms with Crippen molar-refractivity contribution in [1.29, 1.82) is 0 Å². The van der Waals surface area contributed by atoms with Crippen LogP contribution < -0.4 is 0 Å². The van der Waals surface area contributed by atoms with Gasteiger partial charge in [-0.15, -0.1) is 0 Å². The van der Waals surface area contributed by atoms with Crippen LogP contribution in [0, 0.1) is 0 Å². The molecular formula is C10H12ClNO2S. The molecule has 0 amide bonds. The number of nitrogens with zero attached hydrogens (tertiary/aromatic N) is 1. The maximum Gasteiger partial charge on any atom is 0.0760 e. The maximum absolute atomic E-state index is 11.5. The van der Waals surface area contributed by atoms with Crippen LogP contribution in [0.2, 0.25) is 0 Å². The molecule has 0 saturated heterocycles. The van der Waals surface area contributed by atoms with Crippen molar-refractivity contribution in [2.45, 2.75) is 4.90 Å². The third-order valence-corrected chi connectivity index (χ3v) is 3.70. The molecule has 1 aromatic heterocycles. The summed E-state index contributed by atoms with van der Waals surface area (Å²) in [6.07, 6.45) is 1.95. The third-order valence-electron chi connectivity index (χ3n) is 2.21. The lowest BCUT2D eigenvalue weighted by Gasteiger charge is -2.01. The zero-order chi connectivity index (χ0) is 10.3. The van der Waals surface area contributed by atoms with E-state index in [-0.39, 0.29) is 5.48 Å². The SMILES string of the molecule is C=S(=O)(Cl)c1ccc2c(ccn2C)c1.O. The molecule has 2 aromatic rings. The van der Waals surface area contributed by atoms with Gasteiger partial charge in [0.1, 0.15) is 0 Å². The summed E-state index contributed by atoms with van der Waals surface area (Å²) in [6.45, 7) is 0. The highest BCUT2D eigenvalue weighted by molar-refractivity contribution is 8.21. The fraction of sp³-hybridized carbons (Fsp3) is 0.100. The van der Waals surface area contributed by atoms with Gasteiger partial charge in [-0.1, -0.05) is 0 Å². The fourth-order valence-electron chi connectivity index (χ4n) is 1.45. The predicted molar refractivity (Wildman–Crippen MR) is 65.9 cm³/mol. The van der Waals surface area contributed by atoms with Gasteiger partial charge in [0.2, 0.25) is 0 Å². The highest BCUT2D eigenvalue weighted by Gasteiger charge is 2.05. The first-order valence-electron chi connectivity index (χ1n) is 4.10. The average Bonchev–Trinajstić information content (AvgIpc) is 2.46. The molecule has 5 heteroatoms. The molecule has 1 atom stereocenters. The van der Waals surface area contributed by atoms with Gasteiger partial charge in [-0.3, -0.25) is 0 Å². The van der Waals surface area contributed by atoms with Crippen LogP contribution in [0.3, 0.4) is 0 Å². The van der Waals surface area contributed by atoms with Crippen LogP contribution in [0.1, 0.15) is 0 Å². The van der Waals surface area contributed by atoms with E-state index in [9.17, 15) is 4.21 Å². The van der Waals surface area contributed by atoms with Gasteiger partial charge >= 0.3 is 0 Å². The van der Waals surface area contributed by atoms with Gasteiger partial charge in [-0.2, -0.15) is 0 Å². The summed E-state index contributed by atoms with van der Waals surface area (Å²) in [4.78, 5) is 0.581. The van der Waals surface area contributed by atoms with Crippen LogP contribution in [0.4, 0.5) is 0 Å². The Labute approximate surface area is 93.1 Å². The number of fused-ring (bicyclic) bond motifs is 1. The fourth-order valence-corrected chi connectivity index (χ4v) is 2.31. The minimum Gasteiger partial charge on any atom is -0.412 e. The normalized spacial score (nSPS) is 14.5. The Balaban J connectivity index is 0.00000112. The number of aryl methyl sites for hydroxylation is 1. The van der Waals surface area contributed by atoms with Crippen molar-refractivity contribution in [3.63, 3.8) is 0 Å². The lowest BCUT2D eigenvalue weighted by atomic mass is 10.2. The van der Waals surface area contributed by atoms with Crippen molar-refractivity contribution in [3.8, 4) is 0 Å². The van der Waals surface area contributed by atoms with Crippen LogP contribution in [-0.2, 0) is 15.8 Å². The molecule has 0 radical (unpaired) electrons. The highest BCUT2D eigenvalue weighted by atomic mass is 35.7. The summed E-state index contributed by atoms with van der Waals surface area (Å²) >= 11 is 0. The predicted octanol–water partition coefficient (Wildman–Crippen LogP) is 1.58. The minimum atomic E-state index is -2.62. The molecule has 0 saturated carbocycles. The number of halogens is 1. The number of hydrogen-bond acceptors (Lipinski definition) is 1. The van der Waals surface area contributed by atoms with Crippen LogP contribution >= 0.6 is 10.7 Å². The van der Waals surface area contributed by atoms with E-state index in [2.05, 4.69) is 5.87 Å². The van der Waals surface area contributed by atoms with Crippen molar-refractivity contribution in [2.75, 3.05) is 0 Å². The molecule has 3 nitrogen and oxygen atoms in total. The van der Waals surface area contributed by atoms with Crippen LogP contribution in [-0.4, -0.2) is 20.1 Å². The number of benzene rings is 1. The Kier molecular flexibility index (Phi) is 3.13. The average molecular weight is 246 g/mol. The molecule has 0 fully saturated rings. The van der Waals surface area contributed by atoms with Gasteiger partial charge in [-0.25, -0.2) is 4.21 Å². The minimum absolute atomic E-state index is 0. The second kappa shape index (κ2) is 3.89. The monoisotopic (exact) mass is 245 g/mol. The molecule has 0 bridgehead atoms. The Morgan fingerprint density at radius 2 is 2.07 bits per heavy atom. The Morgan fingerprint density at radius 1 is 1.40 bits per heavy atom.